The number of fused-ring (bicyclic) bond motifs is 1. The highest BCUT2D eigenvalue weighted by Gasteiger charge is 2.32. The number of carbonyl (C=O) groups excluding carboxylic acids is 1. The Labute approximate surface area is 116 Å². The summed E-state index contributed by atoms with van der Waals surface area (Å²) >= 11 is 5.85. The van der Waals surface area contributed by atoms with Gasteiger partial charge < -0.3 is 5.11 Å². The van der Waals surface area contributed by atoms with E-state index in [0.717, 1.165) is 11.1 Å². The average Bonchev–Trinajstić information content (AvgIpc) is 2.71. The molecule has 0 heterocycles. The summed E-state index contributed by atoms with van der Waals surface area (Å²) < 4.78 is 0. The number of Topliss-reactive ketones (excluding diaryl/α,β-unsaturated/α-hetero) is 1. The second-order valence-corrected chi connectivity index (χ2v) is 5.34. The zero-order chi connectivity index (χ0) is 13.4. The highest BCUT2D eigenvalue weighted by molar-refractivity contribution is 6.30. The molecule has 1 atom stereocenters. The van der Waals surface area contributed by atoms with Gasteiger partial charge >= 0.3 is 0 Å². The third kappa shape index (κ3) is 2.24. The fourth-order valence-electron chi connectivity index (χ4n) is 2.67. The third-order valence-electron chi connectivity index (χ3n) is 3.61. The third-order valence-corrected chi connectivity index (χ3v) is 3.86. The summed E-state index contributed by atoms with van der Waals surface area (Å²) in [7, 11) is 0. The van der Waals surface area contributed by atoms with E-state index >= 15 is 0 Å². The molecule has 1 aliphatic rings. The van der Waals surface area contributed by atoms with Gasteiger partial charge in [-0.1, -0.05) is 35.9 Å². The van der Waals surface area contributed by atoms with Crippen LogP contribution in [0.4, 0.5) is 0 Å². The van der Waals surface area contributed by atoms with E-state index in [9.17, 15) is 9.90 Å². The number of phenolic OH excluding ortho intramolecular Hbond substituents is 1. The quantitative estimate of drug-likeness (QED) is 0.906. The first-order chi connectivity index (χ1) is 9.15. The molecule has 19 heavy (non-hydrogen) atoms. The normalized spacial score (nSPS) is 17.5. The van der Waals surface area contributed by atoms with Crippen LogP contribution in [0.1, 0.15) is 21.5 Å². The molecular weight excluding hydrogens is 260 g/mol. The Morgan fingerprint density at radius 3 is 2.58 bits per heavy atom. The molecule has 0 amide bonds. The second kappa shape index (κ2) is 4.71. The molecular formula is C16H13ClO2. The van der Waals surface area contributed by atoms with Gasteiger partial charge in [-0.15, -0.1) is 0 Å². The lowest BCUT2D eigenvalue weighted by Gasteiger charge is -2.08. The summed E-state index contributed by atoms with van der Waals surface area (Å²) in [5, 5.41) is 10.5. The Morgan fingerprint density at radius 1 is 1.16 bits per heavy atom. The number of phenols is 1. The van der Waals surface area contributed by atoms with Gasteiger partial charge in [0.2, 0.25) is 0 Å². The topological polar surface area (TPSA) is 37.3 Å². The molecule has 0 aliphatic heterocycles. The lowest BCUT2D eigenvalue weighted by Crippen LogP contribution is -2.12. The van der Waals surface area contributed by atoms with Gasteiger partial charge in [0.1, 0.15) is 5.75 Å². The number of aromatic hydroxyl groups is 1. The molecule has 0 aromatic heterocycles. The van der Waals surface area contributed by atoms with Gasteiger partial charge in [0.25, 0.3) is 0 Å². The summed E-state index contributed by atoms with van der Waals surface area (Å²) in [4.78, 5) is 12.3. The minimum absolute atomic E-state index is 0.0445. The molecule has 2 nitrogen and oxygen atoms in total. The SMILES string of the molecule is O=C1c2c(O)cccc2CC1Cc1ccc(Cl)cc1. The number of hydrogen-bond donors (Lipinski definition) is 1. The molecule has 3 heteroatoms. The Kier molecular flexibility index (Phi) is 3.03. The van der Waals surface area contributed by atoms with Crippen molar-refractivity contribution in [3.63, 3.8) is 0 Å². The van der Waals surface area contributed by atoms with Crippen LogP contribution in [0, 0.1) is 5.92 Å². The van der Waals surface area contributed by atoms with Crippen molar-refractivity contribution in [3.8, 4) is 5.75 Å². The van der Waals surface area contributed by atoms with Gasteiger partial charge in [0.05, 0.1) is 5.56 Å². The molecule has 0 radical (unpaired) electrons. The van der Waals surface area contributed by atoms with Crippen molar-refractivity contribution in [1.82, 2.24) is 0 Å². The standard InChI is InChI=1S/C16H13ClO2/c17-13-6-4-10(5-7-13)8-12-9-11-2-1-3-14(18)15(11)16(12)19/h1-7,12,18H,8-9H2. The van der Waals surface area contributed by atoms with E-state index in [1.165, 1.54) is 0 Å². The lowest BCUT2D eigenvalue weighted by atomic mass is 9.96. The Hall–Kier alpha value is -1.80. The summed E-state index contributed by atoms with van der Waals surface area (Å²) in [5.41, 5.74) is 2.54. The Balaban J connectivity index is 1.84. The summed E-state index contributed by atoms with van der Waals surface area (Å²) in [5.74, 6) is 0.0635. The van der Waals surface area contributed by atoms with Gasteiger partial charge in [0.15, 0.2) is 5.78 Å². The molecule has 3 rings (SSSR count). The van der Waals surface area contributed by atoms with Crippen molar-refractivity contribution < 1.29 is 9.90 Å². The van der Waals surface area contributed by atoms with Crippen molar-refractivity contribution in [2.75, 3.05) is 0 Å². The van der Waals surface area contributed by atoms with Crippen LogP contribution in [0.15, 0.2) is 42.5 Å². The van der Waals surface area contributed by atoms with Crippen LogP contribution in [-0.4, -0.2) is 10.9 Å². The van der Waals surface area contributed by atoms with Crippen LogP contribution in [0.3, 0.4) is 0 Å². The number of rotatable bonds is 2. The highest BCUT2D eigenvalue weighted by atomic mass is 35.5. The number of hydrogen-bond acceptors (Lipinski definition) is 2. The van der Waals surface area contributed by atoms with Crippen LogP contribution >= 0.6 is 11.6 Å². The molecule has 1 N–H and O–H groups in total. The second-order valence-electron chi connectivity index (χ2n) is 4.91. The summed E-state index contributed by atoms with van der Waals surface area (Å²) in [6.07, 6.45) is 1.38. The lowest BCUT2D eigenvalue weighted by molar-refractivity contribution is 0.0934. The molecule has 2 aromatic rings. The molecule has 0 fully saturated rings. The zero-order valence-electron chi connectivity index (χ0n) is 10.3. The highest BCUT2D eigenvalue weighted by Crippen LogP contribution is 2.34. The van der Waals surface area contributed by atoms with E-state index < -0.39 is 0 Å². The average molecular weight is 273 g/mol. The van der Waals surface area contributed by atoms with E-state index in [-0.39, 0.29) is 17.5 Å². The van der Waals surface area contributed by atoms with E-state index in [1.54, 1.807) is 12.1 Å². The van der Waals surface area contributed by atoms with Crippen molar-refractivity contribution in [2.45, 2.75) is 12.8 Å². The minimum Gasteiger partial charge on any atom is -0.507 e. The van der Waals surface area contributed by atoms with Crippen LogP contribution < -0.4 is 0 Å². The van der Waals surface area contributed by atoms with Gasteiger partial charge in [-0.25, -0.2) is 0 Å². The maximum Gasteiger partial charge on any atom is 0.170 e. The predicted molar refractivity (Wildman–Crippen MR) is 74.8 cm³/mol. The Bertz CT molecular complexity index is 632. The molecule has 0 spiro atoms. The fraction of sp³-hybridized carbons (Fsp3) is 0.188. The molecule has 0 saturated heterocycles. The van der Waals surface area contributed by atoms with E-state index in [4.69, 9.17) is 11.6 Å². The van der Waals surface area contributed by atoms with Crippen molar-refractivity contribution in [1.29, 1.82) is 0 Å². The maximum atomic E-state index is 12.3. The molecule has 1 unspecified atom stereocenters. The molecule has 96 valence electrons. The van der Waals surface area contributed by atoms with E-state index in [1.807, 2.05) is 30.3 Å². The van der Waals surface area contributed by atoms with Crippen LogP contribution in [-0.2, 0) is 12.8 Å². The number of halogens is 1. The molecule has 0 bridgehead atoms. The largest absolute Gasteiger partial charge is 0.507 e. The van der Waals surface area contributed by atoms with Crippen molar-refractivity contribution in [2.24, 2.45) is 5.92 Å². The first-order valence-corrected chi connectivity index (χ1v) is 6.62. The molecule has 0 saturated carbocycles. The number of carbonyl (C=O) groups is 1. The minimum atomic E-state index is -0.0792. The van der Waals surface area contributed by atoms with E-state index in [0.29, 0.717) is 23.4 Å². The molecule has 1 aliphatic carbocycles. The van der Waals surface area contributed by atoms with Gasteiger partial charge in [-0.05, 0) is 42.2 Å². The Morgan fingerprint density at radius 2 is 1.89 bits per heavy atom. The number of benzene rings is 2. The van der Waals surface area contributed by atoms with Crippen LogP contribution in [0.5, 0.6) is 5.75 Å². The van der Waals surface area contributed by atoms with Crippen molar-refractivity contribution in [3.05, 3.63) is 64.2 Å². The van der Waals surface area contributed by atoms with Crippen molar-refractivity contribution >= 4 is 17.4 Å². The van der Waals surface area contributed by atoms with Crippen LogP contribution in [0.2, 0.25) is 5.02 Å². The van der Waals surface area contributed by atoms with Gasteiger partial charge in [-0.3, -0.25) is 4.79 Å². The van der Waals surface area contributed by atoms with Crippen LogP contribution in [0.25, 0.3) is 0 Å². The smallest absolute Gasteiger partial charge is 0.170 e. The first-order valence-electron chi connectivity index (χ1n) is 6.24. The zero-order valence-corrected chi connectivity index (χ0v) is 11.0. The summed E-state index contributed by atoms with van der Waals surface area (Å²) in [6, 6.07) is 12.8. The van der Waals surface area contributed by atoms with Gasteiger partial charge in [0, 0.05) is 10.9 Å². The van der Waals surface area contributed by atoms with E-state index in [2.05, 4.69) is 0 Å². The molecule has 2 aromatic carbocycles. The first kappa shape index (κ1) is 12.2. The fourth-order valence-corrected chi connectivity index (χ4v) is 2.80. The monoisotopic (exact) mass is 272 g/mol. The predicted octanol–water partition coefficient (Wildman–Crippen LogP) is 3.64. The number of ketones is 1. The summed E-state index contributed by atoms with van der Waals surface area (Å²) in [6.45, 7) is 0. The van der Waals surface area contributed by atoms with Gasteiger partial charge in [-0.2, -0.15) is 0 Å². The maximum absolute atomic E-state index is 12.3.